The molecule has 7 aromatic carbocycles. The molecule has 3 heterocycles. The molecule has 0 bridgehead atoms. The van der Waals surface area contributed by atoms with Crippen LogP contribution in [0.3, 0.4) is 0 Å². The number of anilines is 8. The van der Waals surface area contributed by atoms with Crippen molar-refractivity contribution in [1.82, 2.24) is 0 Å². The van der Waals surface area contributed by atoms with Gasteiger partial charge in [-0.3, -0.25) is 0 Å². The van der Waals surface area contributed by atoms with E-state index in [-0.39, 0.29) is 33.9 Å². The molecule has 0 radical (unpaired) electrons. The first-order valence-electron chi connectivity index (χ1n) is 24.0. The molecule has 0 aromatic heterocycles. The van der Waals surface area contributed by atoms with Gasteiger partial charge in [-0.15, -0.1) is 0 Å². The maximum absolute atomic E-state index is 2.70. The van der Waals surface area contributed by atoms with Crippen molar-refractivity contribution in [2.45, 2.75) is 123 Å². The molecule has 7 aromatic rings. The molecule has 2 atom stereocenters. The lowest BCUT2D eigenvalue weighted by Crippen LogP contribution is -2.62. The highest BCUT2D eigenvalue weighted by atomic mass is 15.3. The maximum Gasteiger partial charge on any atom is 0.252 e. The van der Waals surface area contributed by atoms with Gasteiger partial charge in [-0.05, 0) is 153 Å². The van der Waals surface area contributed by atoms with Crippen LogP contribution in [0.1, 0.15) is 117 Å². The summed E-state index contributed by atoms with van der Waals surface area (Å²) >= 11 is 0. The highest BCUT2D eigenvalue weighted by Gasteiger charge is 2.63. The minimum atomic E-state index is -0.0371. The van der Waals surface area contributed by atoms with Gasteiger partial charge >= 0.3 is 0 Å². The Bertz CT molecular complexity index is 3050. The average molecular weight is 850 g/mol. The number of hydrogen-bond donors (Lipinski definition) is 0. The standard InChI is InChI=1S/C61H64BN3/c1-39-34-54-56-55(35-39)64(50-31-25-42(58(5,6)7)36-46(50)40-18-14-13-15-19-40)52-37-43(59(8,9)10)24-29-48(52)62(56)49-30-28-45(38-53(49)63(54)44-26-22-41(23-27-44)57(2,3)4)65-51-21-17-16-20-47(51)60(11)32-33-61(60,65)12/h13-31,34-38H,32-33H2,1-12H3. The number of para-hydroxylation sites is 1. The molecule has 11 rings (SSSR count). The van der Waals surface area contributed by atoms with E-state index < -0.39 is 0 Å². The Balaban J connectivity index is 1.21. The summed E-state index contributed by atoms with van der Waals surface area (Å²) in [5.41, 5.74) is 23.4. The summed E-state index contributed by atoms with van der Waals surface area (Å²) < 4.78 is 0. The molecule has 1 saturated carbocycles. The number of fused-ring (bicyclic) bond motifs is 7. The first-order chi connectivity index (χ1) is 30.8. The second kappa shape index (κ2) is 14.0. The van der Waals surface area contributed by atoms with Crippen LogP contribution in [0, 0.1) is 6.92 Å². The first-order valence-corrected chi connectivity index (χ1v) is 24.0. The van der Waals surface area contributed by atoms with Gasteiger partial charge in [0.25, 0.3) is 6.71 Å². The van der Waals surface area contributed by atoms with Crippen molar-refractivity contribution in [3.8, 4) is 11.1 Å². The molecule has 0 N–H and O–H groups in total. The van der Waals surface area contributed by atoms with Gasteiger partial charge in [0, 0.05) is 50.8 Å². The summed E-state index contributed by atoms with van der Waals surface area (Å²) in [5, 5.41) is 0. The monoisotopic (exact) mass is 850 g/mol. The van der Waals surface area contributed by atoms with Crippen molar-refractivity contribution >= 4 is 68.6 Å². The van der Waals surface area contributed by atoms with E-state index >= 15 is 0 Å². The van der Waals surface area contributed by atoms with Crippen LogP contribution in [0.25, 0.3) is 11.1 Å². The van der Waals surface area contributed by atoms with Crippen LogP contribution >= 0.6 is 0 Å². The lowest BCUT2D eigenvalue weighted by atomic mass is 9.33. The topological polar surface area (TPSA) is 9.72 Å². The van der Waals surface area contributed by atoms with Gasteiger partial charge in [-0.2, -0.15) is 0 Å². The number of rotatable bonds is 4. The Morgan fingerprint density at radius 3 is 1.66 bits per heavy atom. The second-order valence-corrected chi connectivity index (χ2v) is 23.2. The second-order valence-electron chi connectivity index (χ2n) is 23.2. The average Bonchev–Trinajstić information content (AvgIpc) is 3.40. The van der Waals surface area contributed by atoms with Crippen LogP contribution < -0.4 is 31.1 Å². The van der Waals surface area contributed by atoms with Gasteiger partial charge in [-0.25, -0.2) is 0 Å². The molecule has 65 heavy (non-hydrogen) atoms. The van der Waals surface area contributed by atoms with Gasteiger partial charge in [0.15, 0.2) is 0 Å². The molecule has 4 heteroatoms. The smallest absolute Gasteiger partial charge is 0.252 e. The molecule has 3 aliphatic heterocycles. The summed E-state index contributed by atoms with van der Waals surface area (Å²) in [6, 6.07) is 56.7. The van der Waals surface area contributed by atoms with Crippen molar-refractivity contribution in [3.05, 3.63) is 173 Å². The van der Waals surface area contributed by atoms with Crippen LogP contribution in [0.15, 0.2) is 146 Å². The van der Waals surface area contributed by atoms with Crippen LogP contribution in [-0.4, -0.2) is 12.3 Å². The van der Waals surface area contributed by atoms with Crippen molar-refractivity contribution in [2.75, 3.05) is 14.7 Å². The molecule has 4 aliphatic rings. The van der Waals surface area contributed by atoms with Crippen LogP contribution in [0.4, 0.5) is 45.5 Å². The van der Waals surface area contributed by atoms with Crippen molar-refractivity contribution in [2.24, 2.45) is 0 Å². The summed E-state index contributed by atoms with van der Waals surface area (Å²) in [6.07, 6.45) is 2.38. The molecular formula is C61H64BN3. The predicted molar refractivity (Wildman–Crippen MR) is 280 cm³/mol. The van der Waals surface area contributed by atoms with E-state index in [0.29, 0.717) is 0 Å². The van der Waals surface area contributed by atoms with Crippen molar-refractivity contribution in [3.63, 3.8) is 0 Å². The Morgan fingerprint density at radius 2 is 1.02 bits per heavy atom. The van der Waals surface area contributed by atoms with E-state index in [1.807, 2.05) is 0 Å². The number of aryl methyl sites for hydroxylation is 1. The minimum absolute atomic E-state index is 0.000732. The van der Waals surface area contributed by atoms with Gasteiger partial charge in [0.05, 0.1) is 11.2 Å². The lowest BCUT2D eigenvalue weighted by Gasteiger charge is -2.56. The highest BCUT2D eigenvalue weighted by Crippen LogP contribution is 2.65. The van der Waals surface area contributed by atoms with Gasteiger partial charge in [0.2, 0.25) is 0 Å². The fourth-order valence-electron chi connectivity index (χ4n) is 11.9. The molecule has 0 amide bonds. The maximum atomic E-state index is 2.70. The SMILES string of the molecule is Cc1cc2c3c(c1)N(c1ccc(C(C)(C)C)cc1-c1ccccc1)c1cc(C(C)(C)C)ccc1B3c1ccc(N3c4ccccc4C4(C)CCC34C)cc1N2c1ccc(C(C)(C)C)cc1. The number of nitrogens with zero attached hydrogens (tertiary/aromatic N) is 3. The van der Waals surface area contributed by atoms with E-state index in [4.69, 9.17) is 0 Å². The van der Waals surface area contributed by atoms with Gasteiger partial charge in [-0.1, -0.05) is 154 Å². The fraction of sp³-hybridized carbons (Fsp3) is 0.311. The zero-order valence-corrected chi connectivity index (χ0v) is 40.7. The lowest BCUT2D eigenvalue weighted by molar-refractivity contribution is 0.133. The third-order valence-corrected chi connectivity index (χ3v) is 16.0. The summed E-state index contributed by atoms with van der Waals surface area (Å²) in [4.78, 5) is 7.93. The largest absolute Gasteiger partial charge is 0.334 e. The van der Waals surface area contributed by atoms with E-state index in [2.05, 4.69) is 243 Å². The number of hydrogen-bond acceptors (Lipinski definition) is 3. The zero-order chi connectivity index (χ0) is 45.6. The fourth-order valence-corrected chi connectivity index (χ4v) is 11.9. The van der Waals surface area contributed by atoms with Crippen molar-refractivity contribution in [1.29, 1.82) is 0 Å². The zero-order valence-electron chi connectivity index (χ0n) is 40.7. The molecule has 2 unspecified atom stereocenters. The Morgan fingerprint density at radius 1 is 0.462 bits per heavy atom. The Labute approximate surface area is 389 Å². The van der Waals surface area contributed by atoms with Gasteiger partial charge < -0.3 is 14.7 Å². The molecule has 326 valence electrons. The van der Waals surface area contributed by atoms with E-state index in [1.165, 1.54) is 114 Å². The molecule has 1 fully saturated rings. The van der Waals surface area contributed by atoms with Gasteiger partial charge in [0.1, 0.15) is 0 Å². The minimum Gasteiger partial charge on any atom is -0.334 e. The summed E-state index contributed by atoms with van der Waals surface area (Å²) in [6.45, 7) is 28.2. The van der Waals surface area contributed by atoms with Crippen LogP contribution in [-0.2, 0) is 21.7 Å². The van der Waals surface area contributed by atoms with E-state index in [0.717, 1.165) is 0 Å². The van der Waals surface area contributed by atoms with Crippen LogP contribution in [0.5, 0.6) is 0 Å². The van der Waals surface area contributed by atoms with E-state index in [1.54, 1.807) is 0 Å². The normalized spacial score (nSPS) is 19.6. The Hall–Kier alpha value is -6.00. The molecule has 3 nitrogen and oxygen atoms in total. The van der Waals surface area contributed by atoms with E-state index in [9.17, 15) is 0 Å². The summed E-state index contributed by atoms with van der Waals surface area (Å²) in [5.74, 6) is 0. The molecule has 0 saturated heterocycles. The molecule has 1 aliphatic carbocycles. The third-order valence-electron chi connectivity index (χ3n) is 16.0. The quantitative estimate of drug-likeness (QED) is 0.163. The Kier molecular flexibility index (Phi) is 8.98. The molecular weight excluding hydrogens is 786 g/mol. The van der Waals surface area contributed by atoms with Crippen molar-refractivity contribution < 1.29 is 0 Å². The summed E-state index contributed by atoms with van der Waals surface area (Å²) in [7, 11) is 0. The van der Waals surface area contributed by atoms with Crippen LogP contribution in [0.2, 0.25) is 0 Å². The number of benzene rings is 7. The third kappa shape index (κ3) is 6.15. The molecule has 0 spiro atoms. The predicted octanol–water partition coefficient (Wildman–Crippen LogP) is 14.6. The highest BCUT2D eigenvalue weighted by molar-refractivity contribution is 7.00. The first kappa shape index (κ1) is 41.7.